The highest BCUT2D eigenvalue weighted by Crippen LogP contribution is 1.86. The topological polar surface area (TPSA) is 75.8 Å². The minimum Gasteiger partial charge on any atom is -0.377 e. The first kappa shape index (κ1) is 12.2. The van der Waals surface area contributed by atoms with Crippen LogP contribution in [0.3, 0.4) is 0 Å². The van der Waals surface area contributed by atoms with E-state index in [2.05, 4.69) is 23.7 Å². The molecule has 0 aliphatic heterocycles. The van der Waals surface area contributed by atoms with Gasteiger partial charge in [0.25, 0.3) is 0 Å². The van der Waals surface area contributed by atoms with E-state index in [9.17, 15) is 0 Å². The highest BCUT2D eigenvalue weighted by molar-refractivity contribution is 7.80. The van der Waals surface area contributed by atoms with Crippen molar-refractivity contribution >= 4 is 28.9 Å². The van der Waals surface area contributed by atoms with Crippen LogP contribution in [-0.2, 0) is 0 Å². The second-order valence-corrected chi connectivity index (χ2v) is 2.20. The van der Waals surface area contributed by atoms with E-state index >= 15 is 0 Å². The van der Waals surface area contributed by atoms with Crippen molar-refractivity contribution < 1.29 is 0 Å². The molecule has 0 amide bonds. The highest BCUT2D eigenvalue weighted by Gasteiger charge is 1.76. The Hall–Kier alpha value is -0.530. The van der Waals surface area contributed by atoms with E-state index in [4.69, 9.17) is 16.9 Å². The third kappa shape index (κ3) is 51.3. The highest BCUT2D eigenvalue weighted by atomic mass is 35.5. The summed E-state index contributed by atoms with van der Waals surface area (Å²) in [6, 6.07) is 1.98. The molecule has 0 aliphatic rings. The van der Waals surface area contributed by atoms with Gasteiger partial charge in [0, 0.05) is 12.3 Å². The fourth-order valence-corrected chi connectivity index (χ4v) is 0.280. The van der Waals surface area contributed by atoms with Crippen LogP contribution in [0, 0.1) is 11.3 Å². The molecule has 0 rings (SSSR count). The Morgan fingerprint density at radius 2 is 2.00 bits per heavy atom. The Kier molecular flexibility index (Phi) is 13.7. The third-order valence-electron chi connectivity index (χ3n) is 0.422. The molecule has 0 saturated heterocycles. The largest absolute Gasteiger partial charge is 0.377 e. The summed E-state index contributed by atoms with van der Waals surface area (Å²) in [5, 5.41) is 7.89. The molecular formula is C5H10ClN3S. The van der Waals surface area contributed by atoms with Crippen LogP contribution in [0.2, 0.25) is 0 Å². The molecule has 10 heavy (non-hydrogen) atoms. The summed E-state index contributed by atoms with van der Waals surface area (Å²) in [7, 11) is 0. The molecule has 0 atom stereocenters. The van der Waals surface area contributed by atoms with Crippen molar-refractivity contribution in [3.8, 4) is 6.07 Å². The van der Waals surface area contributed by atoms with Crippen molar-refractivity contribution in [1.29, 1.82) is 5.26 Å². The van der Waals surface area contributed by atoms with Gasteiger partial charge in [-0.05, 0) is 18.6 Å². The number of thiocarbonyl (C=S) groups is 1. The van der Waals surface area contributed by atoms with Gasteiger partial charge in [0.05, 0.1) is 6.07 Å². The van der Waals surface area contributed by atoms with Gasteiger partial charge in [-0.1, -0.05) is 0 Å². The molecular weight excluding hydrogens is 170 g/mol. The lowest BCUT2D eigenvalue weighted by Crippen LogP contribution is -2.18. The lowest BCUT2D eigenvalue weighted by atomic mass is 10.4. The predicted octanol–water partition coefficient (Wildman–Crippen LogP) is 0.718. The maximum Gasteiger partial charge on any atom is 0.160 e. The van der Waals surface area contributed by atoms with Crippen LogP contribution in [0.15, 0.2) is 0 Å². The Morgan fingerprint density at radius 1 is 1.60 bits per heavy atom. The third-order valence-corrected chi connectivity index (χ3v) is 0.689. The van der Waals surface area contributed by atoms with E-state index in [1.54, 1.807) is 0 Å². The van der Waals surface area contributed by atoms with E-state index < -0.39 is 0 Å². The molecule has 4 N–H and O–H groups in total. The average molecular weight is 180 g/mol. The van der Waals surface area contributed by atoms with Crippen LogP contribution >= 0.6 is 23.8 Å². The van der Waals surface area contributed by atoms with Gasteiger partial charge in [0.15, 0.2) is 5.11 Å². The van der Waals surface area contributed by atoms with Gasteiger partial charge >= 0.3 is 0 Å². The quantitative estimate of drug-likeness (QED) is 0.372. The number of rotatable bonds is 2. The number of nitrogens with zero attached hydrogens (tertiary/aromatic N) is 1. The predicted molar refractivity (Wildman–Crippen MR) is 46.5 cm³/mol. The molecule has 0 aromatic heterocycles. The number of alkyl halides is 1. The standard InChI is InChI=1S/C4H6ClN.CH4N2S/c5-3-1-2-4-6;2-1(3)4/h1-3H2;(H4,2,3,4). The Balaban J connectivity index is 0. The van der Waals surface area contributed by atoms with Crippen LogP contribution in [0.1, 0.15) is 12.8 Å². The van der Waals surface area contributed by atoms with Gasteiger partial charge in [-0.15, -0.1) is 11.6 Å². The monoisotopic (exact) mass is 179 g/mol. The second kappa shape index (κ2) is 11.3. The Morgan fingerprint density at radius 3 is 2.10 bits per heavy atom. The van der Waals surface area contributed by atoms with Gasteiger partial charge in [-0.3, -0.25) is 0 Å². The smallest absolute Gasteiger partial charge is 0.160 e. The zero-order valence-corrected chi connectivity index (χ0v) is 7.08. The molecule has 0 spiro atoms. The van der Waals surface area contributed by atoms with Crippen molar-refractivity contribution in [3.63, 3.8) is 0 Å². The first-order valence-corrected chi connectivity index (χ1v) is 3.57. The van der Waals surface area contributed by atoms with E-state index in [0.717, 1.165) is 6.42 Å². The summed E-state index contributed by atoms with van der Waals surface area (Å²) in [5.74, 6) is 0.605. The lowest BCUT2D eigenvalue weighted by molar-refractivity contribution is 0.976. The molecule has 0 aliphatic carbocycles. The minimum atomic E-state index is 0.000000000000000222. The zero-order chi connectivity index (χ0) is 8.41. The summed E-state index contributed by atoms with van der Waals surface area (Å²) >= 11 is 9.32. The number of unbranched alkanes of at least 4 members (excludes halogenated alkanes) is 1. The first-order valence-electron chi connectivity index (χ1n) is 2.63. The van der Waals surface area contributed by atoms with E-state index in [1.165, 1.54) is 0 Å². The normalized spacial score (nSPS) is 6.80. The minimum absolute atomic E-state index is 0.000000000000000222. The van der Waals surface area contributed by atoms with Gasteiger partial charge < -0.3 is 11.5 Å². The van der Waals surface area contributed by atoms with E-state index in [1.807, 2.05) is 6.07 Å². The van der Waals surface area contributed by atoms with Crippen molar-refractivity contribution in [2.45, 2.75) is 12.8 Å². The lowest BCUT2D eigenvalue weighted by Gasteiger charge is -1.75. The Labute approximate surface area is 70.9 Å². The number of halogens is 1. The first-order chi connectivity index (χ1) is 4.65. The molecule has 0 aromatic rings. The van der Waals surface area contributed by atoms with Crippen molar-refractivity contribution in [1.82, 2.24) is 0 Å². The molecule has 0 bridgehead atoms. The van der Waals surface area contributed by atoms with Crippen molar-refractivity contribution in [2.75, 3.05) is 5.88 Å². The van der Waals surface area contributed by atoms with Crippen LogP contribution in [-0.4, -0.2) is 11.0 Å². The van der Waals surface area contributed by atoms with Crippen LogP contribution in [0.5, 0.6) is 0 Å². The number of nitriles is 1. The number of hydrogen-bond donors (Lipinski definition) is 2. The Bertz CT molecular complexity index is 117. The van der Waals surface area contributed by atoms with Gasteiger partial charge in [-0.25, -0.2) is 0 Å². The van der Waals surface area contributed by atoms with Gasteiger partial charge in [0.1, 0.15) is 0 Å². The van der Waals surface area contributed by atoms with Crippen LogP contribution in [0.25, 0.3) is 0 Å². The fourth-order valence-electron chi connectivity index (χ4n) is 0.146. The van der Waals surface area contributed by atoms with Crippen LogP contribution in [0.4, 0.5) is 0 Å². The van der Waals surface area contributed by atoms with E-state index in [0.29, 0.717) is 12.3 Å². The average Bonchev–Trinajstić information content (AvgIpc) is 1.82. The fraction of sp³-hybridized carbons (Fsp3) is 0.600. The molecule has 3 nitrogen and oxygen atoms in total. The van der Waals surface area contributed by atoms with Crippen molar-refractivity contribution in [3.05, 3.63) is 0 Å². The molecule has 0 unspecified atom stereocenters. The molecule has 0 saturated carbocycles. The second-order valence-electron chi connectivity index (χ2n) is 1.35. The zero-order valence-electron chi connectivity index (χ0n) is 5.51. The summed E-state index contributed by atoms with van der Waals surface area (Å²) in [4.78, 5) is 0. The van der Waals surface area contributed by atoms with Gasteiger partial charge in [-0.2, -0.15) is 5.26 Å². The molecule has 0 heterocycles. The molecule has 0 aromatic carbocycles. The maximum atomic E-state index is 7.89. The summed E-state index contributed by atoms with van der Waals surface area (Å²) in [6.45, 7) is 0. The number of nitrogens with two attached hydrogens (primary N) is 2. The summed E-state index contributed by atoms with van der Waals surface area (Å²) < 4.78 is 0. The molecule has 5 heteroatoms. The summed E-state index contributed by atoms with van der Waals surface area (Å²) in [5.41, 5.74) is 9.24. The molecule has 58 valence electrons. The molecule has 0 fully saturated rings. The van der Waals surface area contributed by atoms with Crippen LogP contribution < -0.4 is 11.5 Å². The van der Waals surface area contributed by atoms with E-state index in [-0.39, 0.29) is 5.11 Å². The number of hydrogen-bond acceptors (Lipinski definition) is 2. The van der Waals surface area contributed by atoms with Gasteiger partial charge in [0.2, 0.25) is 0 Å². The maximum absolute atomic E-state index is 7.89. The molecule has 0 radical (unpaired) electrons. The van der Waals surface area contributed by atoms with Crippen molar-refractivity contribution in [2.24, 2.45) is 11.5 Å². The SMILES string of the molecule is N#CCCCCl.NC(N)=S. The summed E-state index contributed by atoms with van der Waals surface area (Å²) in [6.07, 6.45) is 1.40.